The molecule has 0 spiro atoms. The Kier molecular flexibility index (Phi) is 7.48. The van der Waals surface area contributed by atoms with E-state index in [4.69, 9.17) is 9.97 Å². The summed E-state index contributed by atoms with van der Waals surface area (Å²) in [5, 5.41) is 0. The van der Waals surface area contributed by atoms with Crippen molar-refractivity contribution in [1.29, 1.82) is 0 Å². The lowest BCUT2D eigenvalue weighted by molar-refractivity contribution is 0.645. The van der Waals surface area contributed by atoms with Crippen LogP contribution in [0, 0.1) is 0 Å². The summed E-state index contributed by atoms with van der Waals surface area (Å²) >= 11 is 0. The van der Waals surface area contributed by atoms with E-state index in [0.717, 1.165) is 39.3 Å². The Morgan fingerprint density at radius 1 is 0.373 bits per heavy atom. The SMILES string of the molecule is CC1(C)c2ccccc2-c2ccccc2-c2c(-c3cc(-c4ccccc4)nc(-c4cccc(-c5ccccn5)c4)n3)cccc2-c2ccccc21. The average Bonchev–Trinajstić information content (AvgIpc) is 3.23. The second-order valence-electron chi connectivity index (χ2n) is 13.6. The van der Waals surface area contributed by atoms with Crippen molar-refractivity contribution in [1.82, 2.24) is 15.0 Å². The maximum Gasteiger partial charge on any atom is 0.160 e. The van der Waals surface area contributed by atoms with Crippen LogP contribution in [0.1, 0.15) is 25.0 Å². The van der Waals surface area contributed by atoms with Crippen LogP contribution in [0.25, 0.3) is 78.5 Å². The van der Waals surface area contributed by atoms with Gasteiger partial charge in [-0.25, -0.2) is 9.97 Å². The largest absolute Gasteiger partial charge is 0.256 e. The topological polar surface area (TPSA) is 38.7 Å². The van der Waals surface area contributed by atoms with Crippen molar-refractivity contribution in [2.45, 2.75) is 19.3 Å². The molecule has 0 saturated carbocycles. The molecule has 51 heavy (non-hydrogen) atoms. The second-order valence-corrected chi connectivity index (χ2v) is 13.6. The minimum atomic E-state index is -0.251. The third-order valence-corrected chi connectivity index (χ3v) is 10.2. The molecule has 9 rings (SSSR count). The molecule has 8 aromatic rings. The van der Waals surface area contributed by atoms with E-state index in [0.29, 0.717) is 5.82 Å². The van der Waals surface area contributed by atoms with Gasteiger partial charge in [-0.2, -0.15) is 0 Å². The molecule has 0 atom stereocenters. The van der Waals surface area contributed by atoms with Crippen molar-refractivity contribution in [3.63, 3.8) is 0 Å². The van der Waals surface area contributed by atoms with E-state index < -0.39 is 0 Å². The fourth-order valence-electron chi connectivity index (χ4n) is 7.71. The number of nitrogens with zero attached hydrogens (tertiary/aromatic N) is 3. The van der Waals surface area contributed by atoms with Crippen molar-refractivity contribution >= 4 is 0 Å². The molecule has 0 N–H and O–H groups in total. The molecule has 0 saturated heterocycles. The zero-order valence-electron chi connectivity index (χ0n) is 28.6. The third-order valence-electron chi connectivity index (χ3n) is 10.2. The van der Waals surface area contributed by atoms with Gasteiger partial charge in [0.25, 0.3) is 0 Å². The molecule has 3 nitrogen and oxygen atoms in total. The smallest absolute Gasteiger partial charge is 0.160 e. The maximum absolute atomic E-state index is 5.39. The third kappa shape index (κ3) is 5.35. The molecule has 2 heterocycles. The van der Waals surface area contributed by atoms with Crippen LogP contribution in [0.2, 0.25) is 0 Å². The van der Waals surface area contributed by atoms with E-state index in [1.54, 1.807) is 0 Å². The summed E-state index contributed by atoms with van der Waals surface area (Å²) in [4.78, 5) is 15.2. The van der Waals surface area contributed by atoms with E-state index in [9.17, 15) is 0 Å². The number of aromatic nitrogens is 3. The molecule has 0 aliphatic heterocycles. The van der Waals surface area contributed by atoms with Gasteiger partial charge < -0.3 is 0 Å². The number of fused-ring (bicyclic) bond motifs is 7. The number of benzene rings is 6. The van der Waals surface area contributed by atoms with Gasteiger partial charge in [0.05, 0.1) is 17.1 Å². The molecule has 2 aromatic heterocycles. The highest BCUT2D eigenvalue weighted by Crippen LogP contribution is 2.51. The molecule has 0 unspecified atom stereocenters. The molecule has 1 aliphatic rings. The van der Waals surface area contributed by atoms with Crippen LogP contribution < -0.4 is 0 Å². The molecule has 6 aromatic carbocycles. The van der Waals surface area contributed by atoms with Crippen LogP contribution >= 0.6 is 0 Å². The summed E-state index contributed by atoms with van der Waals surface area (Å²) in [7, 11) is 0. The minimum absolute atomic E-state index is 0.251. The lowest BCUT2D eigenvalue weighted by Gasteiger charge is -2.30. The lowest BCUT2D eigenvalue weighted by atomic mass is 9.73. The van der Waals surface area contributed by atoms with Gasteiger partial charge >= 0.3 is 0 Å². The predicted octanol–water partition coefficient (Wildman–Crippen LogP) is 12.2. The van der Waals surface area contributed by atoms with E-state index in [1.807, 2.05) is 30.5 Å². The summed E-state index contributed by atoms with van der Waals surface area (Å²) in [6, 6.07) is 60.2. The fraction of sp³-hybridized carbons (Fsp3) is 0.0625. The molecule has 0 amide bonds. The molecule has 242 valence electrons. The molecule has 1 aliphatic carbocycles. The van der Waals surface area contributed by atoms with Crippen molar-refractivity contribution < 1.29 is 0 Å². The Labute approximate surface area is 299 Å². The highest BCUT2D eigenvalue weighted by Gasteiger charge is 2.32. The summed E-state index contributed by atoms with van der Waals surface area (Å²) in [6.07, 6.45) is 1.83. The van der Waals surface area contributed by atoms with Crippen LogP contribution in [0.15, 0.2) is 176 Å². The monoisotopic (exact) mass is 653 g/mol. The van der Waals surface area contributed by atoms with Gasteiger partial charge in [-0.1, -0.05) is 159 Å². The van der Waals surface area contributed by atoms with E-state index in [1.165, 1.54) is 44.5 Å². The summed E-state index contributed by atoms with van der Waals surface area (Å²) in [6.45, 7) is 4.70. The fourth-order valence-corrected chi connectivity index (χ4v) is 7.71. The first kappa shape index (κ1) is 30.6. The molecular weight excluding hydrogens is 619 g/mol. The standard InChI is InChI=1S/C48H35N3/c1-48(2)41-26-10-8-21-36(41)35-20-6-7-23-38(35)46-39(37-22-9-11-27-42(37)48)24-15-25-40(46)45-31-44(32-16-4-3-5-17-32)50-47(51-45)34-19-14-18-33(30-34)43-28-12-13-29-49-43/h3-31H,1-2H3. The Balaban J connectivity index is 1.35. The Hall–Kier alpha value is -6.45. The Morgan fingerprint density at radius 3 is 1.67 bits per heavy atom. The highest BCUT2D eigenvalue weighted by atomic mass is 14.9. The van der Waals surface area contributed by atoms with Crippen molar-refractivity contribution in [2.75, 3.05) is 0 Å². The van der Waals surface area contributed by atoms with Gasteiger partial charge in [-0.15, -0.1) is 0 Å². The van der Waals surface area contributed by atoms with Crippen LogP contribution in [0.5, 0.6) is 0 Å². The number of pyridine rings is 1. The first-order valence-electron chi connectivity index (χ1n) is 17.5. The van der Waals surface area contributed by atoms with Crippen LogP contribution in [-0.4, -0.2) is 15.0 Å². The van der Waals surface area contributed by atoms with E-state index in [-0.39, 0.29) is 5.41 Å². The summed E-state index contributed by atoms with van der Waals surface area (Å²) in [5.74, 6) is 0.671. The van der Waals surface area contributed by atoms with Gasteiger partial charge in [0.1, 0.15) is 0 Å². The van der Waals surface area contributed by atoms with Crippen molar-refractivity contribution in [3.8, 4) is 78.5 Å². The first-order valence-corrected chi connectivity index (χ1v) is 17.5. The zero-order valence-corrected chi connectivity index (χ0v) is 28.6. The second kappa shape index (κ2) is 12.5. The van der Waals surface area contributed by atoms with E-state index >= 15 is 0 Å². The zero-order chi connectivity index (χ0) is 34.4. The van der Waals surface area contributed by atoms with Crippen LogP contribution in [0.4, 0.5) is 0 Å². The molecule has 0 radical (unpaired) electrons. The lowest BCUT2D eigenvalue weighted by Crippen LogP contribution is -2.20. The number of hydrogen-bond donors (Lipinski definition) is 0. The van der Waals surface area contributed by atoms with Gasteiger partial charge in [-0.3, -0.25) is 4.98 Å². The van der Waals surface area contributed by atoms with Crippen molar-refractivity contribution in [2.24, 2.45) is 0 Å². The van der Waals surface area contributed by atoms with Crippen molar-refractivity contribution in [3.05, 3.63) is 187 Å². The van der Waals surface area contributed by atoms with Gasteiger partial charge in [0.2, 0.25) is 0 Å². The Morgan fingerprint density at radius 2 is 0.922 bits per heavy atom. The highest BCUT2D eigenvalue weighted by molar-refractivity contribution is 6.01. The molecule has 0 fully saturated rings. The van der Waals surface area contributed by atoms with Crippen LogP contribution in [-0.2, 0) is 5.41 Å². The molecule has 0 bridgehead atoms. The van der Waals surface area contributed by atoms with Gasteiger partial charge in [0.15, 0.2) is 5.82 Å². The quantitative estimate of drug-likeness (QED) is 0.190. The van der Waals surface area contributed by atoms with E-state index in [2.05, 4.69) is 164 Å². The number of hydrogen-bond acceptors (Lipinski definition) is 3. The maximum atomic E-state index is 5.39. The number of rotatable bonds is 4. The summed E-state index contributed by atoms with van der Waals surface area (Å²) < 4.78 is 0. The normalized spacial score (nSPS) is 12.7. The molecular formula is C48H35N3. The minimum Gasteiger partial charge on any atom is -0.256 e. The van der Waals surface area contributed by atoms with Gasteiger partial charge in [-0.05, 0) is 68.8 Å². The predicted molar refractivity (Wildman–Crippen MR) is 210 cm³/mol. The van der Waals surface area contributed by atoms with Crippen LogP contribution in [0.3, 0.4) is 0 Å². The first-order chi connectivity index (χ1) is 25.1. The van der Waals surface area contributed by atoms with Gasteiger partial charge in [0, 0.05) is 33.9 Å². The Bertz CT molecular complexity index is 2550. The summed E-state index contributed by atoms with van der Waals surface area (Å²) in [5.41, 5.74) is 16.3. The molecule has 3 heteroatoms. The average molecular weight is 654 g/mol.